The molecule has 1 unspecified atom stereocenters. The predicted octanol–water partition coefficient (Wildman–Crippen LogP) is 1.60. The molecule has 0 saturated carbocycles. The van der Waals surface area contributed by atoms with E-state index in [1.165, 1.54) is 22.8 Å². The highest BCUT2D eigenvalue weighted by molar-refractivity contribution is 5.99. The number of hydrogen-bond donors (Lipinski definition) is 3. The molecule has 1 aromatic carbocycles. The molecule has 2 bridgehead atoms. The Bertz CT molecular complexity index is 959. The zero-order valence-corrected chi connectivity index (χ0v) is 14.9. The fraction of sp³-hybridized carbons (Fsp3) is 0.278. The summed E-state index contributed by atoms with van der Waals surface area (Å²) in [6, 6.07) is 6.11. The highest BCUT2D eigenvalue weighted by Crippen LogP contribution is 2.23. The van der Waals surface area contributed by atoms with Crippen molar-refractivity contribution in [1.82, 2.24) is 19.9 Å². The summed E-state index contributed by atoms with van der Waals surface area (Å²) in [5, 5.41) is 17.1. The van der Waals surface area contributed by atoms with E-state index >= 15 is 0 Å². The molecule has 4 rings (SSSR count). The summed E-state index contributed by atoms with van der Waals surface area (Å²) in [5.74, 6) is 0.521. The van der Waals surface area contributed by atoms with Gasteiger partial charge in [-0.05, 0) is 31.2 Å². The quantitative estimate of drug-likeness (QED) is 0.553. The van der Waals surface area contributed by atoms with Crippen LogP contribution in [0, 0.1) is 5.82 Å². The maximum atomic E-state index is 13.6. The smallest absolute Gasteiger partial charge is 0.256 e. The first kappa shape index (κ1) is 18.6. The molecule has 142 valence electrons. The minimum absolute atomic E-state index is 0.270. The first-order chi connectivity index (χ1) is 13.1. The monoisotopic (exact) mass is 373 g/mol. The van der Waals surface area contributed by atoms with Crippen LogP contribution in [0.4, 0.5) is 10.2 Å². The fourth-order valence-corrected chi connectivity index (χ4v) is 2.70. The van der Waals surface area contributed by atoms with E-state index in [0.717, 1.165) is 7.11 Å². The van der Waals surface area contributed by atoms with Crippen molar-refractivity contribution in [3.8, 4) is 5.75 Å². The van der Waals surface area contributed by atoms with Crippen LogP contribution in [0.3, 0.4) is 0 Å². The second kappa shape index (κ2) is 8.00. The van der Waals surface area contributed by atoms with E-state index in [-0.39, 0.29) is 17.8 Å². The molecule has 3 aromatic rings. The molecule has 0 radical (unpaired) electrons. The average Bonchev–Trinajstić information content (AvgIpc) is 3.10. The number of anilines is 1. The molecule has 8 nitrogen and oxygen atoms in total. The van der Waals surface area contributed by atoms with Crippen molar-refractivity contribution in [3.05, 3.63) is 53.6 Å². The molecule has 0 spiro atoms. The minimum atomic E-state index is -0.337. The molecule has 9 heteroatoms. The summed E-state index contributed by atoms with van der Waals surface area (Å²) in [5.41, 5.74) is 1.52. The molecule has 1 aliphatic rings. The Kier molecular flexibility index (Phi) is 5.51. The van der Waals surface area contributed by atoms with Gasteiger partial charge in [-0.25, -0.2) is 13.9 Å². The lowest BCUT2D eigenvalue weighted by Gasteiger charge is -2.18. The van der Waals surface area contributed by atoms with Gasteiger partial charge in [0.2, 0.25) is 0 Å². The van der Waals surface area contributed by atoms with Gasteiger partial charge in [-0.15, -0.1) is 0 Å². The number of nitrogens with zero attached hydrogens (tertiary/aromatic N) is 3. The molecule has 0 saturated heterocycles. The van der Waals surface area contributed by atoms with Crippen LogP contribution in [-0.4, -0.2) is 45.4 Å². The van der Waals surface area contributed by atoms with Crippen molar-refractivity contribution in [3.63, 3.8) is 0 Å². The molecule has 1 amide bonds. The Hall–Kier alpha value is -3.20. The van der Waals surface area contributed by atoms with Crippen LogP contribution < -0.4 is 15.4 Å². The first-order valence-electron chi connectivity index (χ1n) is 8.36. The molecule has 0 fully saturated rings. The third-order valence-corrected chi connectivity index (χ3v) is 3.97. The molecule has 27 heavy (non-hydrogen) atoms. The van der Waals surface area contributed by atoms with Gasteiger partial charge in [0.05, 0.1) is 12.7 Å². The molecule has 3 heterocycles. The zero-order valence-electron chi connectivity index (χ0n) is 14.9. The minimum Gasteiger partial charge on any atom is -0.489 e. The summed E-state index contributed by atoms with van der Waals surface area (Å²) in [4.78, 5) is 16.8. The van der Waals surface area contributed by atoms with Crippen molar-refractivity contribution in [2.45, 2.75) is 19.6 Å². The summed E-state index contributed by atoms with van der Waals surface area (Å²) in [7, 11) is 1.00. The van der Waals surface area contributed by atoms with Gasteiger partial charge in [0, 0.05) is 25.4 Å². The largest absolute Gasteiger partial charge is 0.489 e. The van der Waals surface area contributed by atoms with Gasteiger partial charge in [-0.3, -0.25) is 4.79 Å². The lowest BCUT2D eigenvalue weighted by Crippen LogP contribution is -2.33. The van der Waals surface area contributed by atoms with Crippen molar-refractivity contribution < 1.29 is 19.0 Å². The highest BCUT2D eigenvalue weighted by Gasteiger charge is 2.17. The highest BCUT2D eigenvalue weighted by atomic mass is 19.1. The second-order valence-corrected chi connectivity index (χ2v) is 5.88. The topological polar surface area (TPSA) is 101 Å². The third kappa shape index (κ3) is 3.98. The van der Waals surface area contributed by atoms with E-state index in [1.54, 1.807) is 18.3 Å². The van der Waals surface area contributed by atoms with E-state index in [1.807, 2.05) is 6.92 Å². The Morgan fingerprint density at radius 2 is 2.11 bits per heavy atom. The van der Waals surface area contributed by atoms with Gasteiger partial charge >= 0.3 is 0 Å². The number of ether oxygens (including phenoxy) is 1. The molecule has 2 aromatic heterocycles. The SMILES string of the molecule is CC1CNC(=O)c2cnn3ccc(nc23)NCc2cc(F)ccc2O1.CO. The molecular formula is C18H20FN5O3. The van der Waals surface area contributed by atoms with Gasteiger partial charge in [0.15, 0.2) is 5.65 Å². The van der Waals surface area contributed by atoms with Crippen LogP contribution >= 0.6 is 0 Å². The van der Waals surface area contributed by atoms with Crippen molar-refractivity contribution in [2.24, 2.45) is 0 Å². The van der Waals surface area contributed by atoms with Gasteiger partial charge in [-0.2, -0.15) is 5.10 Å². The van der Waals surface area contributed by atoms with Crippen LogP contribution in [0.15, 0.2) is 36.7 Å². The van der Waals surface area contributed by atoms with Crippen molar-refractivity contribution in [2.75, 3.05) is 19.0 Å². The summed E-state index contributed by atoms with van der Waals surface area (Å²) >= 11 is 0. The number of benzene rings is 1. The Morgan fingerprint density at radius 1 is 1.30 bits per heavy atom. The molecule has 3 N–H and O–H groups in total. The Labute approximate surface area is 155 Å². The molecular weight excluding hydrogens is 353 g/mol. The maximum Gasteiger partial charge on any atom is 0.256 e. The van der Waals surface area contributed by atoms with Crippen LogP contribution in [0.5, 0.6) is 5.75 Å². The number of amides is 1. The van der Waals surface area contributed by atoms with E-state index in [4.69, 9.17) is 9.84 Å². The summed E-state index contributed by atoms with van der Waals surface area (Å²) < 4.78 is 21.0. The van der Waals surface area contributed by atoms with E-state index < -0.39 is 0 Å². The maximum absolute atomic E-state index is 13.6. The van der Waals surface area contributed by atoms with Crippen LogP contribution in [-0.2, 0) is 6.54 Å². The van der Waals surface area contributed by atoms with E-state index in [9.17, 15) is 9.18 Å². The second-order valence-electron chi connectivity index (χ2n) is 5.88. The number of aliphatic hydroxyl groups is 1. The Morgan fingerprint density at radius 3 is 2.93 bits per heavy atom. The number of rotatable bonds is 0. The molecule has 1 aliphatic heterocycles. The molecule has 0 aliphatic carbocycles. The van der Waals surface area contributed by atoms with Crippen molar-refractivity contribution >= 4 is 17.4 Å². The number of carbonyl (C=O) groups excluding carboxylic acids is 1. The lowest BCUT2D eigenvalue weighted by molar-refractivity contribution is 0.0933. The van der Waals surface area contributed by atoms with Crippen LogP contribution in [0.2, 0.25) is 0 Å². The van der Waals surface area contributed by atoms with Crippen LogP contribution in [0.25, 0.3) is 5.65 Å². The number of nitrogens with one attached hydrogen (secondary N) is 2. The first-order valence-corrected chi connectivity index (χ1v) is 8.36. The fourth-order valence-electron chi connectivity index (χ4n) is 2.70. The van der Waals surface area contributed by atoms with E-state index in [2.05, 4.69) is 20.7 Å². The van der Waals surface area contributed by atoms with Gasteiger partial charge < -0.3 is 20.5 Å². The normalized spacial score (nSPS) is 16.4. The standard InChI is InChI=1S/C17H16FN5O2.CH4O/c1-10-7-20-17(24)13-9-21-23-5-4-15(22-16(13)23)19-8-11-6-12(18)2-3-14(11)25-10;1-2/h2-6,9-10H,7-8H2,1H3,(H,19,22)(H,20,24);2H,1H3. The number of halogens is 1. The summed E-state index contributed by atoms with van der Waals surface area (Å²) in [6.45, 7) is 2.49. The molecule has 1 atom stereocenters. The van der Waals surface area contributed by atoms with Gasteiger partial charge in [-0.1, -0.05) is 0 Å². The predicted molar refractivity (Wildman–Crippen MR) is 97.3 cm³/mol. The van der Waals surface area contributed by atoms with Gasteiger partial charge in [0.1, 0.15) is 29.1 Å². The zero-order chi connectivity index (χ0) is 19.4. The number of hydrogen-bond acceptors (Lipinski definition) is 6. The Balaban J connectivity index is 0.00000102. The van der Waals surface area contributed by atoms with Crippen molar-refractivity contribution in [1.29, 1.82) is 0 Å². The third-order valence-electron chi connectivity index (χ3n) is 3.97. The number of aliphatic hydroxyl groups excluding tert-OH is 1. The number of fused-ring (bicyclic) bond motifs is 2. The number of aromatic nitrogens is 3. The van der Waals surface area contributed by atoms with E-state index in [0.29, 0.717) is 41.4 Å². The lowest BCUT2D eigenvalue weighted by atomic mass is 10.2. The summed E-state index contributed by atoms with van der Waals surface area (Å²) in [6.07, 6.45) is 2.92. The van der Waals surface area contributed by atoms with Gasteiger partial charge in [0.25, 0.3) is 5.91 Å². The number of carbonyl (C=O) groups is 1. The average molecular weight is 373 g/mol. The van der Waals surface area contributed by atoms with Crippen LogP contribution in [0.1, 0.15) is 22.8 Å².